The Morgan fingerprint density at radius 2 is 1.96 bits per heavy atom. The van der Waals surface area contributed by atoms with E-state index in [-0.39, 0.29) is 0 Å². The first kappa shape index (κ1) is 19.6. The van der Waals surface area contributed by atoms with Crippen LogP contribution in [0.15, 0.2) is 21.3 Å². The van der Waals surface area contributed by atoms with Gasteiger partial charge in [0.15, 0.2) is 5.96 Å². The molecule has 2 aliphatic heterocycles. The van der Waals surface area contributed by atoms with Crippen LogP contribution in [-0.2, 0) is 16.6 Å². The first-order valence-electron chi connectivity index (χ1n) is 9.36. The molecule has 146 valence electrons. The number of nitrogens with zero attached hydrogens (tertiary/aromatic N) is 3. The normalized spacial score (nSPS) is 22.0. The van der Waals surface area contributed by atoms with E-state index in [0.29, 0.717) is 29.3 Å². The van der Waals surface area contributed by atoms with Gasteiger partial charge in [-0.3, -0.25) is 4.99 Å². The summed E-state index contributed by atoms with van der Waals surface area (Å²) in [6, 6.07) is 3.66. The molecule has 1 N–H and O–H groups in total. The molecule has 0 unspecified atom stereocenters. The average Bonchev–Trinajstić information content (AvgIpc) is 3.23. The van der Waals surface area contributed by atoms with E-state index in [0.717, 1.165) is 49.6 Å². The van der Waals surface area contributed by atoms with Crippen molar-refractivity contribution in [3.05, 3.63) is 17.0 Å². The summed E-state index contributed by atoms with van der Waals surface area (Å²) in [4.78, 5) is 7.68. The number of aliphatic imine (C=N–C) groups is 1. The second-order valence-electron chi connectivity index (χ2n) is 7.92. The van der Waals surface area contributed by atoms with Crippen LogP contribution in [0.3, 0.4) is 0 Å². The molecule has 0 saturated carbocycles. The first-order valence-corrected chi connectivity index (χ1v) is 11.6. The second kappa shape index (κ2) is 7.86. The highest BCUT2D eigenvalue weighted by molar-refractivity contribution is 7.91. The van der Waals surface area contributed by atoms with Crippen molar-refractivity contribution in [3.8, 4) is 0 Å². The Hall–Kier alpha value is -1.12. The molecule has 1 aromatic heterocycles. The Balaban J connectivity index is 1.61. The van der Waals surface area contributed by atoms with Crippen molar-refractivity contribution in [2.75, 3.05) is 33.2 Å². The van der Waals surface area contributed by atoms with Crippen LogP contribution in [0.2, 0.25) is 0 Å². The van der Waals surface area contributed by atoms with Crippen LogP contribution in [-0.4, -0.2) is 56.8 Å². The molecule has 3 heterocycles. The van der Waals surface area contributed by atoms with E-state index in [2.05, 4.69) is 29.1 Å². The lowest BCUT2D eigenvalue weighted by molar-refractivity contribution is 0.347. The van der Waals surface area contributed by atoms with Crippen LogP contribution < -0.4 is 5.32 Å². The molecule has 1 aromatic rings. The second-order valence-corrected chi connectivity index (χ2v) is 11.3. The van der Waals surface area contributed by atoms with Gasteiger partial charge in [-0.25, -0.2) is 8.42 Å². The third kappa shape index (κ3) is 4.40. The van der Waals surface area contributed by atoms with Crippen molar-refractivity contribution in [1.29, 1.82) is 0 Å². The van der Waals surface area contributed by atoms with Crippen molar-refractivity contribution in [2.45, 2.75) is 50.3 Å². The zero-order valence-electron chi connectivity index (χ0n) is 16.0. The summed E-state index contributed by atoms with van der Waals surface area (Å²) in [6.45, 7) is 8.44. The van der Waals surface area contributed by atoms with E-state index >= 15 is 0 Å². The SMILES string of the molecule is CN=C(NCc1ccc(S(=O)(=O)N2CCCCC2)s1)N1CCC(C)(C)C1. The zero-order chi connectivity index (χ0) is 18.8. The lowest BCUT2D eigenvalue weighted by Crippen LogP contribution is -2.40. The monoisotopic (exact) mass is 398 g/mol. The quantitative estimate of drug-likeness (QED) is 0.626. The van der Waals surface area contributed by atoms with Crippen LogP contribution in [0.1, 0.15) is 44.4 Å². The van der Waals surface area contributed by atoms with Gasteiger partial charge in [0.1, 0.15) is 4.21 Å². The molecule has 2 aliphatic rings. The van der Waals surface area contributed by atoms with Crippen molar-refractivity contribution >= 4 is 27.3 Å². The van der Waals surface area contributed by atoms with Gasteiger partial charge in [0.05, 0.1) is 6.54 Å². The Morgan fingerprint density at radius 1 is 1.23 bits per heavy atom. The Morgan fingerprint density at radius 3 is 2.58 bits per heavy atom. The first-order chi connectivity index (χ1) is 12.3. The molecule has 26 heavy (non-hydrogen) atoms. The van der Waals surface area contributed by atoms with Crippen molar-refractivity contribution in [1.82, 2.24) is 14.5 Å². The fraction of sp³-hybridized carbons (Fsp3) is 0.722. The Kier molecular flexibility index (Phi) is 5.94. The van der Waals surface area contributed by atoms with Gasteiger partial charge in [0, 0.05) is 38.1 Å². The number of nitrogens with one attached hydrogen (secondary N) is 1. The number of thiophene rings is 1. The topological polar surface area (TPSA) is 65.0 Å². The van der Waals surface area contributed by atoms with Gasteiger partial charge in [0.2, 0.25) is 0 Å². The molecule has 3 rings (SSSR count). The molecule has 0 atom stereocenters. The van der Waals surface area contributed by atoms with E-state index in [1.54, 1.807) is 17.4 Å². The van der Waals surface area contributed by atoms with E-state index < -0.39 is 10.0 Å². The molecule has 0 amide bonds. The summed E-state index contributed by atoms with van der Waals surface area (Å²) < 4.78 is 27.6. The van der Waals surface area contributed by atoms with E-state index in [4.69, 9.17) is 0 Å². The largest absolute Gasteiger partial charge is 0.351 e. The van der Waals surface area contributed by atoms with E-state index in [1.807, 2.05) is 6.07 Å². The highest BCUT2D eigenvalue weighted by Crippen LogP contribution is 2.29. The minimum Gasteiger partial charge on any atom is -0.351 e. The van der Waals surface area contributed by atoms with Gasteiger partial charge >= 0.3 is 0 Å². The maximum Gasteiger partial charge on any atom is 0.252 e. The lowest BCUT2D eigenvalue weighted by atomic mass is 9.93. The molecule has 8 heteroatoms. The molecular formula is C18H30N4O2S2. The summed E-state index contributed by atoms with van der Waals surface area (Å²) in [6.07, 6.45) is 4.20. The predicted molar refractivity (Wildman–Crippen MR) is 107 cm³/mol. The summed E-state index contributed by atoms with van der Waals surface area (Å²) in [7, 11) is -1.53. The maximum atomic E-state index is 12.8. The minimum atomic E-state index is -3.33. The smallest absolute Gasteiger partial charge is 0.252 e. The van der Waals surface area contributed by atoms with Crippen molar-refractivity contribution in [2.24, 2.45) is 10.4 Å². The number of hydrogen-bond donors (Lipinski definition) is 1. The molecule has 6 nitrogen and oxygen atoms in total. The molecular weight excluding hydrogens is 368 g/mol. The average molecular weight is 399 g/mol. The molecule has 0 aromatic carbocycles. The van der Waals surface area contributed by atoms with E-state index in [1.165, 1.54) is 11.3 Å². The summed E-state index contributed by atoms with van der Waals surface area (Å²) in [5.74, 6) is 0.893. The highest BCUT2D eigenvalue weighted by Gasteiger charge is 2.31. The van der Waals surface area contributed by atoms with Crippen LogP contribution in [0.5, 0.6) is 0 Å². The molecule has 0 radical (unpaired) electrons. The van der Waals surface area contributed by atoms with E-state index in [9.17, 15) is 8.42 Å². The van der Waals surface area contributed by atoms with Gasteiger partial charge in [0.25, 0.3) is 10.0 Å². The van der Waals surface area contributed by atoms with Crippen molar-refractivity contribution < 1.29 is 8.42 Å². The number of rotatable bonds is 4. The van der Waals surface area contributed by atoms with Crippen molar-refractivity contribution in [3.63, 3.8) is 0 Å². The number of piperidine rings is 1. The predicted octanol–water partition coefficient (Wildman–Crippen LogP) is 2.73. The van der Waals surface area contributed by atoms with Crippen LogP contribution in [0.4, 0.5) is 0 Å². The fourth-order valence-electron chi connectivity index (χ4n) is 3.62. The highest BCUT2D eigenvalue weighted by atomic mass is 32.2. The third-order valence-electron chi connectivity index (χ3n) is 5.16. The van der Waals surface area contributed by atoms with Gasteiger partial charge in [-0.1, -0.05) is 20.3 Å². The van der Waals surface area contributed by atoms with Gasteiger partial charge in [-0.05, 0) is 36.8 Å². The third-order valence-corrected chi connectivity index (χ3v) is 8.61. The molecule has 2 saturated heterocycles. The van der Waals surface area contributed by atoms with Gasteiger partial charge < -0.3 is 10.2 Å². The van der Waals surface area contributed by atoms with Gasteiger partial charge in [-0.15, -0.1) is 11.3 Å². The summed E-state index contributed by atoms with van der Waals surface area (Å²) in [5, 5.41) is 3.39. The Labute approximate surface area is 161 Å². The molecule has 0 aliphatic carbocycles. The molecule has 0 bridgehead atoms. The zero-order valence-corrected chi connectivity index (χ0v) is 17.6. The van der Waals surface area contributed by atoms with Crippen LogP contribution >= 0.6 is 11.3 Å². The van der Waals surface area contributed by atoms with Crippen LogP contribution in [0.25, 0.3) is 0 Å². The molecule has 2 fully saturated rings. The molecule has 0 spiro atoms. The lowest BCUT2D eigenvalue weighted by Gasteiger charge is -2.25. The fourth-order valence-corrected chi connectivity index (χ4v) is 6.58. The summed E-state index contributed by atoms with van der Waals surface area (Å²) >= 11 is 1.36. The standard InChI is InChI=1S/C18H30N4O2S2/c1-18(2)9-12-21(14-18)17(19-3)20-13-15-7-8-16(25-15)26(23,24)22-10-5-4-6-11-22/h7-8H,4-6,9-14H2,1-3H3,(H,19,20). The number of guanidine groups is 1. The number of hydrogen-bond acceptors (Lipinski definition) is 4. The maximum absolute atomic E-state index is 12.8. The summed E-state index contributed by atoms with van der Waals surface area (Å²) in [5.41, 5.74) is 0.316. The Bertz CT molecular complexity index is 749. The minimum absolute atomic E-state index is 0.316. The number of likely N-dealkylation sites (tertiary alicyclic amines) is 1. The number of sulfonamides is 1. The van der Waals surface area contributed by atoms with Gasteiger partial charge in [-0.2, -0.15) is 4.31 Å². The van der Waals surface area contributed by atoms with Crippen LogP contribution in [0, 0.1) is 5.41 Å².